The molecule has 1 aliphatic rings. The topological polar surface area (TPSA) is 53.6 Å². The minimum absolute atomic E-state index is 0.102. The van der Waals surface area contributed by atoms with Crippen LogP contribution >= 0.6 is 0 Å². The van der Waals surface area contributed by atoms with Crippen molar-refractivity contribution >= 4 is 5.91 Å². The van der Waals surface area contributed by atoms with Gasteiger partial charge in [0.2, 0.25) is 5.91 Å². The van der Waals surface area contributed by atoms with Crippen LogP contribution in [0.3, 0.4) is 0 Å². The summed E-state index contributed by atoms with van der Waals surface area (Å²) in [6.45, 7) is 10.4. The van der Waals surface area contributed by atoms with Gasteiger partial charge < -0.3 is 20.3 Å². The van der Waals surface area contributed by atoms with E-state index >= 15 is 0 Å². The Hall–Kier alpha value is -0.650. The van der Waals surface area contributed by atoms with Crippen molar-refractivity contribution in [3.05, 3.63) is 0 Å². The lowest BCUT2D eigenvalue weighted by Gasteiger charge is -2.23. The van der Waals surface area contributed by atoms with E-state index in [9.17, 15) is 4.79 Å². The van der Waals surface area contributed by atoms with Gasteiger partial charge >= 0.3 is 0 Å². The second-order valence-electron chi connectivity index (χ2n) is 5.07. The predicted molar refractivity (Wildman–Crippen MR) is 77.3 cm³/mol. The fourth-order valence-corrected chi connectivity index (χ4v) is 2.30. The SMILES string of the molecule is CCCN(CC)CCNCC(=O)NC1CCOCC1. The van der Waals surface area contributed by atoms with Gasteiger partial charge in [-0.25, -0.2) is 0 Å². The predicted octanol–water partition coefficient (Wildman–Crippen LogP) is 0.603. The summed E-state index contributed by atoms with van der Waals surface area (Å²) in [5.41, 5.74) is 0. The number of hydrogen-bond acceptors (Lipinski definition) is 4. The van der Waals surface area contributed by atoms with E-state index in [1.807, 2.05) is 0 Å². The van der Waals surface area contributed by atoms with Crippen molar-refractivity contribution in [2.24, 2.45) is 0 Å². The average molecular weight is 271 g/mol. The van der Waals surface area contributed by atoms with Crippen LogP contribution in [0.2, 0.25) is 0 Å². The van der Waals surface area contributed by atoms with Crippen molar-refractivity contribution in [1.82, 2.24) is 15.5 Å². The van der Waals surface area contributed by atoms with Crippen LogP contribution in [-0.4, -0.2) is 62.8 Å². The largest absolute Gasteiger partial charge is 0.381 e. The van der Waals surface area contributed by atoms with E-state index < -0.39 is 0 Å². The summed E-state index contributed by atoms with van der Waals surface area (Å²) in [5.74, 6) is 0.102. The van der Waals surface area contributed by atoms with Crippen LogP contribution in [0.15, 0.2) is 0 Å². The molecule has 0 aromatic heterocycles. The van der Waals surface area contributed by atoms with Gasteiger partial charge in [-0.3, -0.25) is 4.79 Å². The molecule has 0 aromatic rings. The number of nitrogens with one attached hydrogen (secondary N) is 2. The van der Waals surface area contributed by atoms with Gasteiger partial charge in [-0.2, -0.15) is 0 Å². The van der Waals surface area contributed by atoms with Gasteiger partial charge in [0.15, 0.2) is 0 Å². The first-order chi connectivity index (χ1) is 9.26. The van der Waals surface area contributed by atoms with Gasteiger partial charge in [0.05, 0.1) is 6.54 Å². The lowest BCUT2D eigenvalue weighted by Crippen LogP contribution is -2.44. The van der Waals surface area contributed by atoms with E-state index in [-0.39, 0.29) is 5.91 Å². The normalized spacial score (nSPS) is 16.8. The molecular weight excluding hydrogens is 242 g/mol. The molecule has 19 heavy (non-hydrogen) atoms. The molecule has 0 spiro atoms. The van der Waals surface area contributed by atoms with Crippen molar-refractivity contribution < 1.29 is 9.53 Å². The Morgan fingerprint density at radius 2 is 2.00 bits per heavy atom. The van der Waals surface area contributed by atoms with E-state index in [0.717, 1.165) is 52.2 Å². The Bertz CT molecular complexity index is 243. The summed E-state index contributed by atoms with van der Waals surface area (Å²) in [6.07, 6.45) is 3.05. The van der Waals surface area contributed by atoms with Crippen molar-refractivity contribution in [2.75, 3.05) is 45.9 Å². The molecule has 1 saturated heterocycles. The Labute approximate surface area is 117 Å². The van der Waals surface area contributed by atoms with Gasteiger partial charge in [0.1, 0.15) is 0 Å². The summed E-state index contributed by atoms with van der Waals surface area (Å²) in [6, 6.07) is 0.301. The van der Waals surface area contributed by atoms with Crippen molar-refractivity contribution in [1.29, 1.82) is 0 Å². The van der Waals surface area contributed by atoms with Crippen molar-refractivity contribution in [3.63, 3.8) is 0 Å². The maximum absolute atomic E-state index is 11.7. The summed E-state index contributed by atoms with van der Waals surface area (Å²) in [7, 11) is 0. The van der Waals surface area contributed by atoms with Crippen LogP contribution in [0.4, 0.5) is 0 Å². The molecule has 5 nitrogen and oxygen atoms in total. The molecule has 0 aromatic carbocycles. The van der Waals surface area contributed by atoms with Crippen LogP contribution in [0.25, 0.3) is 0 Å². The zero-order valence-corrected chi connectivity index (χ0v) is 12.4. The van der Waals surface area contributed by atoms with E-state index in [4.69, 9.17) is 4.74 Å². The molecule has 1 amide bonds. The first-order valence-corrected chi connectivity index (χ1v) is 7.56. The van der Waals surface area contributed by atoms with Gasteiger partial charge in [-0.15, -0.1) is 0 Å². The van der Waals surface area contributed by atoms with Gasteiger partial charge in [0.25, 0.3) is 0 Å². The average Bonchev–Trinajstić information content (AvgIpc) is 2.43. The molecule has 0 unspecified atom stereocenters. The fourth-order valence-electron chi connectivity index (χ4n) is 2.30. The molecule has 0 bridgehead atoms. The van der Waals surface area contributed by atoms with Crippen LogP contribution in [0, 0.1) is 0 Å². The van der Waals surface area contributed by atoms with Crippen LogP contribution < -0.4 is 10.6 Å². The smallest absolute Gasteiger partial charge is 0.234 e. The highest BCUT2D eigenvalue weighted by atomic mass is 16.5. The highest BCUT2D eigenvalue weighted by Crippen LogP contribution is 2.05. The minimum atomic E-state index is 0.102. The Morgan fingerprint density at radius 1 is 1.26 bits per heavy atom. The number of likely N-dealkylation sites (N-methyl/N-ethyl adjacent to an activating group) is 1. The number of carbonyl (C=O) groups is 1. The van der Waals surface area contributed by atoms with Crippen LogP contribution in [-0.2, 0) is 9.53 Å². The second kappa shape index (κ2) is 10.2. The monoisotopic (exact) mass is 271 g/mol. The Morgan fingerprint density at radius 3 is 2.63 bits per heavy atom. The molecule has 5 heteroatoms. The lowest BCUT2D eigenvalue weighted by atomic mass is 10.1. The lowest BCUT2D eigenvalue weighted by molar-refractivity contribution is -0.121. The molecule has 1 fully saturated rings. The minimum Gasteiger partial charge on any atom is -0.381 e. The van der Waals surface area contributed by atoms with E-state index in [2.05, 4.69) is 29.4 Å². The second-order valence-corrected chi connectivity index (χ2v) is 5.07. The third-order valence-corrected chi connectivity index (χ3v) is 3.46. The van der Waals surface area contributed by atoms with Crippen molar-refractivity contribution in [3.8, 4) is 0 Å². The van der Waals surface area contributed by atoms with Crippen LogP contribution in [0.5, 0.6) is 0 Å². The van der Waals surface area contributed by atoms with Crippen LogP contribution in [0.1, 0.15) is 33.1 Å². The quantitative estimate of drug-likeness (QED) is 0.603. The van der Waals surface area contributed by atoms with E-state index in [1.54, 1.807) is 0 Å². The number of rotatable bonds is 9. The van der Waals surface area contributed by atoms with Crippen molar-refractivity contribution in [2.45, 2.75) is 39.2 Å². The highest BCUT2D eigenvalue weighted by molar-refractivity contribution is 5.78. The third kappa shape index (κ3) is 7.50. The third-order valence-electron chi connectivity index (χ3n) is 3.46. The summed E-state index contributed by atoms with van der Waals surface area (Å²) >= 11 is 0. The Balaban J connectivity index is 2.03. The molecule has 0 saturated carbocycles. The molecule has 1 heterocycles. The maximum atomic E-state index is 11.7. The molecule has 2 N–H and O–H groups in total. The van der Waals surface area contributed by atoms with Gasteiger partial charge in [0, 0.05) is 32.3 Å². The summed E-state index contributed by atoms with van der Waals surface area (Å²) in [5, 5.41) is 6.26. The van der Waals surface area contributed by atoms with Gasteiger partial charge in [-0.1, -0.05) is 13.8 Å². The standard InChI is InChI=1S/C14H29N3O2/c1-3-8-17(4-2)9-7-15-12-14(18)16-13-5-10-19-11-6-13/h13,15H,3-12H2,1-2H3,(H,16,18). The molecule has 0 radical (unpaired) electrons. The highest BCUT2D eigenvalue weighted by Gasteiger charge is 2.15. The number of carbonyl (C=O) groups excluding carboxylic acids is 1. The molecular formula is C14H29N3O2. The summed E-state index contributed by atoms with van der Waals surface area (Å²) in [4.78, 5) is 14.1. The number of nitrogens with zero attached hydrogens (tertiary/aromatic N) is 1. The summed E-state index contributed by atoms with van der Waals surface area (Å²) < 4.78 is 5.27. The molecule has 1 aliphatic heterocycles. The number of hydrogen-bond donors (Lipinski definition) is 2. The molecule has 1 rings (SSSR count). The molecule has 0 atom stereocenters. The number of amides is 1. The zero-order chi connectivity index (χ0) is 13.9. The first-order valence-electron chi connectivity index (χ1n) is 7.56. The van der Waals surface area contributed by atoms with Gasteiger partial charge in [-0.05, 0) is 32.4 Å². The molecule has 0 aliphatic carbocycles. The number of ether oxygens (including phenoxy) is 1. The zero-order valence-electron chi connectivity index (χ0n) is 12.4. The van der Waals surface area contributed by atoms with E-state index in [0.29, 0.717) is 12.6 Å². The fraction of sp³-hybridized carbons (Fsp3) is 0.929. The maximum Gasteiger partial charge on any atom is 0.234 e. The molecule has 112 valence electrons. The first kappa shape index (κ1) is 16.4. The van der Waals surface area contributed by atoms with E-state index in [1.165, 1.54) is 6.42 Å². The Kier molecular flexibility index (Phi) is 8.79.